The number of carbonyl (C=O) groups excluding carboxylic acids is 1. The van der Waals surface area contributed by atoms with Crippen LogP contribution in [0.25, 0.3) is 0 Å². The Labute approximate surface area is 120 Å². The predicted molar refractivity (Wildman–Crippen MR) is 74.4 cm³/mol. The molecule has 19 heavy (non-hydrogen) atoms. The van der Waals surface area contributed by atoms with Crippen LogP contribution in [0.5, 0.6) is 0 Å². The first kappa shape index (κ1) is 14.5. The van der Waals surface area contributed by atoms with Crippen molar-refractivity contribution in [1.82, 2.24) is 5.32 Å². The van der Waals surface area contributed by atoms with E-state index in [4.69, 9.17) is 4.74 Å². The summed E-state index contributed by atoms with van der Waals surface area (Å²) in [6, 6.07) is 4.51. The molecular weight excluding hydrogens is 313 g/mol. The van der Waals surface area contributed by atoms with Crippen molar-refractivity contribution < 1.29 is 13.9 Å². The number of nitrogens with one attached hydrogen (secondary N) is 1. The minimum Gasteiger partial charge on any atom is -0.376 e. The van der Waals surface area contributed by atoms with Crippen LogP contribution < -0.4 is 5.32 Å². The zero-order chi connectivity index (χ0) is 13.7. The van der Waals surface area contributed by atoms with E-state index in [1.165, 1.54) is 12.1 Å². The molecule has 1 N–H and O–H groups in total. The molecule has 1 aliphatic rings. The monoisotopic (exact) mass is 329 g/mol. The maximum Gasteiger partial charge on any atom is 0.220 e. The number of benzene rings is 1. The van der Waals surface area contributed by atoms with Gasteiger partial charge < -0.3 is 10.1 Å². The number of hydrogen-bond acceptors (Lipinski definition) is 2. The summed E-state index contributed by atoms with van der Waals surface area (Å²) >= 11 is 3.36. The minimum atomic E-state index is -0.280. The second-order valence-electron chi connectivity index (χ2n) is 4.67. The lowest BCUT2D eigenvalue weighted by molar-refractivity contribution is -0.121. The summed E-state index contributed by atoms with van der Waals surface area (Å²) in [6.45, 7) is 1.36. The molecule has 104 valence electrons. The highest BCUT2D eigenvalue weighted by Crippen LogP contribution is 2.19. The van der Waals surface area contributed by atoms with Crippen LogP contribution in [0.3, 0.4) is 0 Å². The largest absolute Gasteiger partial charge is 0.376 e. The first-order valence-corrected chi connectivity index (χ1v) is 7.26. The van der Waals surface area contributed by atoms with Gasteiger partial charge >= 0.3 is 0 Å². The lowest BCUT2D eigenvalue weighted by Crippen LogP contribution is -2.31. The third-order valence-corrected chi connectivity index (χ3v) is 3.95. The average molecular weight is 330 g/mol. The average Bonchev–Trinajstić information content (AvgIpc) is 2.90. The molecule has 0 saturated carbocycles. The Morgan fingerprint density at radius 1 is 1.53 bits per heavy atom. The van der Waals surface area contributed by atoms with Crippen LogP contribution in [0.1, 0.15) is 24.8 Å². The molecule has 1 aromatic rings. The molecule has 0 spiro atoms. The van der Waals surface area contributed by atoms with E-state index in [-0.39, 0.29) is 17.8 Å². The highest BCUT2D eigenvalue weighted by molar-refractivity contribution is 9.10. The van der Waals surface area contributed by atoms with Crippen LogP contribution in [0.15, 0.2) is 22.7 Å². The molecule has 1 aromatic carbocycles. The van der Waals surface area contributed by atoms with Crippen molar-refractivity contribution in [2.24, 2.45) is 0 Å². The van der Waals surface area contributed by atoms with Crippen molar-refractivity contribution in [2.45, 2.75) is 31.8 Å². The summed E-state index contributed by atoms with van der Waals surface area (Å²) in [4.78, 5) is 11.7. The van der Waals surface area contributed by atoms with Gasteiger partial charge in [0.25, 0.3) is 0 Å². The molecule has 0 unspecified atom stereocenters. The normalized spacial score (nSPS) is 18.5. The Kier molecular flexibility index (Phi) is 5.34. The van der Waals surface area contributed by atoms with Gasteiger partial charge in [-0.15, -0.1) is 0 Å². The third-order valence-electron chi connectivity index (χ3n) is 3.18. The lowest BCUT2D eigenvalue weighted by Gasteiger charge is -2.11. The smallest absolute Gasteiger partial charge is 0.220 e. The van der Waals surface area contributed by atoms with Gasteiger partial charge in [0, 0.05) is 24.0 Å². The van der Waals surface area contributed by atoms with Crippen LogP contribution in [0, 0.1) is 5.82 Å². The van der Waals surface area contributed by atoms with Crippen LogP contribution >= 0.6 is 15.9 Å². The molecule has 1 fully saturated rings. The van der Waals surface area contributed by atoms with Crippen molar-refractivity contribution in [3.63, 3.8) is 0 Å². The van der Waals surface area contributed by atoms with Crippen molar-refractivity contribution in [3.05, 3.63) is 34.1 Å². The van der Waals surface area contributed by atoms with Crippen molar-refractivity contribution in [1.29, 1.82) is 0 Å². The Bertz CT molecular complexity index is 447. The molecule has 2 rings (SSSR count). The molecule has 0 aliphatic carbocycles. The van der Waals surface area contributed by atoms with Gasteiger partial charge in [0.2, 0.25) is 5.91 Å². The first-order chi connectivity index (χ1) is 9.15. The summed E-state index contributed by atoms with van der Waals surface area (Å²) in [5.74, 6) is -0.301. The van der Waals surface area contributed by atoms with Gasteiger partial charge in [0.05, 0.1) is 6.10 Å². The molecule has 1 aliphatic heterocycles. The van der Waals surface area contributed by atoms with Gasteiger partial charge in [-0.05, 0) is 43.0 Å². The van der Waals surface area contributed by atoms with Gasteiger partial charge in [-0.1, -0.05) is 15.9 Å². The molecule has 1 saturated heterocycles. The van der Waals surface area contributed by atoms with Gasteiger partial charge in [0.15, 0.2) is 0 Å². The summed E-state index contributed by atoms with van der Waals surface area (Å²) in [5.41, 5.74) is 0.812. The predicted octanol–water partition coefficient (Wildman–Crippen LogP) is 2.82. The van der Waals surface area contributed by atoms with E-state index < -0.39 is 0 Å². The number of halogens is 2. The third kappa shape index (κ3) is 4.58. The maximum atomic E-state index is 13.1. The molecule has 1 heterocycles. The van der Waals surface area contributed by atoms with E-state index in [9.17, 15) is 9.18 Å². The van der Waals surface area contributed by atoms with Crippen LogP contribution in [-0.4, -0.2) is 25.2 Å². The van der Waals surface area contributed by atoms with E-state index in [0.717, 1.165) is 29.5 Å². The van der Waals surface area contributed by atoms with Crippen molar-refractivity contribution in [3.8, 4) is 0 Å². The summed E-state index contributed by atoms with van der Waals surface area (Å²) < 4.78 is 19.3. The number of aryl methyl sites for hydroxylation is 1. The van der Waals surface area contributed by atoms with E-state index >= 15 is 0 Å². The number of hydrogen-bond donors (Lipinski definition) is 1. The van der Waals surface area contributed by atoms with Crippen LogP contribution in [0.4, 0.5) is 4.39 Å². The second-order valence-corrected chi connectivity index (χ2v) is 5.53. The fraction of sp³-hybridized carbons (Fsp3) is 0.500. The summed E-state index contributed by atoms with van der Waals surface area (Å²) in [5, 5.41) is 2.86. The topological polar surface area (TPSA) is 38.3 Å². The molecule has 0 bridgehead atoms. The fourth-order valence-corrected chi connectivity index (χ4v) is 2.55. The maximum absolute atomic E-state index is 13.1. The molecule has 1 amide bonds. The zero-order valence-corrected chi connectivity index (χ0v) is 12.2. The SMILES string of the molecule is O=C(CCc1cc(F)ccc1Br)NC[C@H]1CCCO1. The van der Waals surface area contributed by atoms with Crippen molar-refractivity contribution >= 4 is 21.8 Å². The number of ether oxygens (including phenoxy) is 1. The van der Waals surface area contributed by atoms with E-state index in [2.05, 4.69) is 21.2 Å². The quantitative estimate of drug-likeness (QED) is 0.902. The van der Waals surface area contributed by atoms with Crippen LogP contribution in [0.2, 0.25) is 0 Å². The van der Waals surface area contributed by atoms with Crippen molar-refractivity contribution in [2.75, 3.05) is 13.2 Å². The fourth-order valence-electron chi connectivity index (χ4n) is 2.10. The molecule has 3 nitrogen and oxygen atoms in total. The second kappa shape index (κ2) is 7.01. The Morgan fingerprint density at radius 3 is 3.11 bits per heavy atom. The van der Waals surface area contributed by atoms with Crippen LogP contribution in [-0.2, 0) is 16.0 Å². The van der Waals surface area contributed by atoms with E-state index in [1.54, 1.807) is 6.07 Å². The molecular formula is C14H17BrFNO2. The van der Waals surface area contributed by atoms with E-state index in [0.29, 0.717) is 19.4 Å². The Hall–Kier alpha value is -0.940. The van der Waals surface area contributed by atoms with Gasteiger partial charge in [-0.25, -0.2) is 4.39 Å². The Morgan fingerprint density at radius 2 is 2.37 bits per heavy atom. The van der Waals surface area contributed by atoms with Gasteiger partial charge in [0.1, 0.15) is 5.82 Å². The summed E-state index contributed by atoms with van der Waals surface area (Å²) in [6.07, 6.45) is 3.11. The highest BCUT2D eigenvalue weighted by Gasteiger charge is 2.16. The number of amides is 1. The van der Waals surface area contributed by atoms with Gasteiger partial charge in [-0.2, -0.15) is 0 Å². The molecule has 0 radical (unpaired) electrons. The summed E-state index contributed by atoms with van der Waals surface area (Å²) in [7, 11) is 0. The Balaban J connectivity index is 1.74. The first-order valence-electron chi connectivity index (χ1n) is 6.47. The molecule has 1 atom stereocenters. The van der Waals surface area contributed by atoms with Gasteiger partial charge in [-0.3, -0.25) is 4.79 Å². The molecule has 0 aromatic heterocycles. The standard InChI is InChI=1S/C14H17BrFNO2/c15-13-5-4-11(16)8-10(13)3-6-14(18)17-9-12-2-1-7-19-12/h4-5,8,12H,1-3,6-7,9H2,(H,17,18)/t12-/m1/s1. The minimum absolute atomic E-state index is 0.0216. The lowest BCUT2D eigenvalue weighted by atomic mass is 10.1. The highest BCUT2D eigenvalue weighted by atomic mass is 79.9. The number of carbonyl (C=O) groups is 1. The molecule has 5 heteroatoms. The van der Waals surface area contributed by atoms with E-state index in [1.807, 2.05) is 0 Å². The zero-order valence-electron chi connectivity index (χ0n) is 10.6. The number of rotatable bonds is 5.